The van der Waals surface area contributed by atoms with Gasteiger partial charge in [0.25, 0.3) is 5.91 Å². The van der Waals surface area contributed by atoms with Crippen LogP contribution in [-0.2, 0) is 17.8 Å². The van der Waals surface area contributed by atoms with Gasteiger partial charge in [-0.3, -0.25) is 4.79 Å². The van der Waals surface area contributed by atoms with Gasteiger partial charge in [-0.25, -0.2) is 4.39 Å². The zero-order valence-corrected chi connectivity index (χ0v) is 13.8. The van der Waals surface area contributed by atoms with E-state index in [2.05, 4.69) is 5.32 Å². The van der Waals surface area contributed by atoms with E-state index in [1.54, 1.807) is 49.4 Å². The minimum absolute atomic E-state index is 0.0859. The summed E-state index contributed by atoms with van der Waals surface area (Å²) in [6, 6.07) is 13.2. The van der Waals surface area contributed by atoms with Crippen LogP contribution in [0, 0.1) is 5.82 Å². The van der Waals surface area contributed by atoms with Crippen LogP contribution in [0.15, 0.2) is 48.5 Å². The summed E-state index contributed by atoms with van der Waals surface area (Å²) in [5.41, 5.74) is 1.28. The van der Waals surface area contributed by atoms with Gasteiger partial charge >= 0.3 is 0 Å². The molecule has 5 heteroatoms. The average molecular weight is 331 g/mol. The highest BCUT2D eigenvalue weighted by Crippen LogP contribution is 2.15. The van der Waals surface area contributed by atoms with Crippen molar-refractivity contribution in [3.8, 4) is 5.75 Å². The van der Waals surface area contributed by atoms with Gasteiger partial charge < -0.3 is 15.2 Å². The molecule has 2 aromatic rings. The molecular weight excluding hydrogens is 309 g/mol. The molecule has 0 fully saturated rings. The van der Waals surface area contributed by atoms with Crippen LogP contribution >= 0.6 is 0 Å². The van der Waals surface area contributed by atoms with E-state index in [1.807, 2.05) is 6.92 Å². The van der Waals surface area contributed by atoms with Gasteiger partial charge in [-0.1, -0.05) is 30.3 Å². The number of hydrogen-bond acceptors (Lipinski definition) is 3. The minimum Gasteiger partial charge on any atom is -0.481 e. The summed E-state index contributed by atoms with van der Waals surface area (Å²) in [7, 11) is 0. The number of aliphatic hydroxyl groups excluding tert-OH is 1. The van der Waals surface area contributed by atoms with Crippen LogP contribution in [-0.4, -0.2) is 23.2 Å². The predicted molar refractivity (Wildman–Crippen MR) is 90.2 cm³/mol. The Morgan fingerprint density at radius 3 is 2.67 bits per heavy atom. The van der Waals surface area contributed by atoms with Crippen LogP contribution in [0.5, 0.6) is 5.75 Å². The molecule has 0 radical (unpaired) electrons. The predicted octanol–water partition coefficient (Wildman–Crippen LogP) is 2.83. The lowest BCUT2D eigenvalue weighted by molar-refractivity contribution is -0.127. The molecule has 128 valence electrons. The Hall–Kier alpha value is -2.40. The first-order chi connectivity index (χ1) is 11.5. The third-order valence-electron chi connectivity index (χ3n) is 3.64. The van der Waals surface area contributed by atoms with Crippen LogP contribution in [0.25, 0.3) is 0 Å². The number of carbonyl (C=O) groups is 1. The van der Waals surface area contributed by atoms with E-state index >= 15 is 0 Å². The van der Waals surface area contributed by atoms with Gasteiger partial charge in [-0.2, -0.15) is 0 Å². The lowest BCUT2D eigenvalue weighted by Crippen LogP contribution is -2.42. The lowest BCUT2D eigenvalue weighted by Gasteiger charge is -2.19. The molecule has 0 spiro atoms. The summed E-state index contributed by atoms with van der Waals surface area (Å²) >= 11 is 0. The summed E-state index contributed by atoms with van der Waals surface area (Å²) < 4.78 is 19.2. The Morgan fingerprint density at radius 1 is 1.21 bits per heavy atom. The van der Waals surface area contributed by atoms with Gasteiger partial charge in [0.1, 0.15) is 11.6 Å². The summed E-state index contributed by atoms with van der Waals surface area (Å²) in [6.45, 7) is 3.39. The Morgan fingerprint density at radius 2 is 1.96 bits per heavy atom. The fourth-order valence-corrected chi connectivity index (χ4v) is 2.38. The average Bonchev–Trinajstić information content (AvgIpc) is 2.57. The number of ether oxygens (including phenoxy) is 1. The summed E-state index contributed by atoms with van der Waals surface area (Å²) in [6.07, 6.45) is -0.285. The van der Waals surface area contributed by atoms with Crippen molar-refractivity contribution in [2.75, 3.05) is 0 Å². The first kappa shape index (κ1) is 17.9. The second-order valence-corrected chi connectivity index (χ2v) is 5.77. The smallest absolute Gasteiger partial charge is 0.260 e. The first-order valence-corrected chi connectivity index (χ1v) is 7.90. The number of aliphatic hydroxyl groups is 1. The quantitative estimate of drug-likeness (QED) is 0.820. The van der Waals surface area contributed by atoms with Crippen LogP contribution in [0.3, 0.4) is 0 Å². The van der Waals surface area contributed by atoms with Crippen molar-refractivity contribution >= 4 is 5.91 Å². The fraction of sp³-hybridized carbons (Fsp3) is 0.316. The first-order valence-electron chi connectivity index (χ1n) is 7.90. The van der Waals surface area contributed by atoms with Gasteiger partial charge in [0.2, 0.25) is 0 Å². The molecule has 0 aliphatic heterocycles. The zero-order chi connectivity index (χ0) is 17.5. The van der Waals surface area contributed by atoms with E-state index in [4.69, 9.17) is 9.84 Å². The molecule has 0 saturated heterocycles. The highest BCUT2D eigenvalue weighted by Gasteiger charge is 2.18. The topological polar surface area (TPSA) is 58.6 Å². The van der Waals surface area contributed by atoms with Gasteiger partial charge in [-0.15, -0.1) is 0 Å². The summed E-state index contributed by atoms with van der Waals surface area (Å²) in [5.74, 6) is -0.0251. The number of amides is 1. The van der Waals surface area contributed by atoms with E-state index in [1.165, 1.54) is 6.07 Å². The molecule has 2 aromatic carbocycles. The van der Waals surface area contributed by atoms with E-state index in [9.17, 15) is 9.18 Å². The van der Waals surface area contributed by atoms with Crippen LogP contribution < -0.4 is 10.1 Å². The Balaban J connectivity index is 1.89. The molecule has 0 aromatic heterocycles. The van der Waals surface area contributed by atoms with E-state index in [0.717, 1.165) is 0 Å². The maximum atomic E-state index is 13.6. The number of hydrogen-bond donors (Lipinski definition) is 2. The molecule has 2 atom stereocenters. The van der Waals surface area contributed by atoms with Gasteiger partial charge in [0.05, 0.1) is 6.61 Å². The van der Waals surface area contributed by atoms with Crippen molar-refractivity contribution in [3.05, 3.63) is 65.5 Å². The molecule has 0 bridgehead atoms. The number of nitrogens with one attached hydrogen (secondary N) is 1. The van der Waals surface area contributed by atoms with Gasteiger partial charge in [0.15, 0.2) is 6.10 Å². The van der Waals surface area contributed by atoms with Crippen LogP contribution in [0.4, 0.5) is 4.39 Å². The monoisotopic (exact) mass is 331 g/mol. The lowest BCUT2D eigenvalue weighted by atomic mass is 10.1. The summed E-state index contributed by atoms with van der Waals surface area (Å²) in [5, 5.41) is 11.9. The number of rotatable bonds is 7. The number of halogens is 1. The number of carbonyl (C=O) groups excluding carboxylic acids is 1. The van der Waals surface area contributed by atoms with Gasteiger partial charge in [-0.05, 0) is 49.6 Å². The van der Waals surface area contributed by atoms with E-state index in [0.29, 0.717) is 23.3 Å². The molecule has 0 aliphatic rings. The van der Waals surface area contributed by atoms with E-state index < -0.39 is 6.10 Å². The minimum atomic E-state index is -0.693. The highest BCUT2D eigenvalue weighted by molar-refractivity contribution is 5.81. The maximum absolute atomic E-state index is 13.6. The molecule has 2 unspecified atom stereocenters. The van der Waals surface area contributed by atoms with Crippen LogP contribution in [0.2, 0.25) is 0 Å². The maximum Gasteiger partial charge on any atom is 0.260 e. The van der Waals surface area contributed by atoms with Gasteiger partial charge in [0, 0.05) is 6.04 Å². The third kappa shape index (κ3) is 5.06. The molecule has 2 rings (SSSR count). The molecule has 0 heterocycles. The second kappa shape index (κ2) is 8.45. The Bertz CT molecular complexity index is 690. The number of benzene rings is 2. The largest absolute Gasteiger partial charge is 0.481 e. The van der Waals surface area contributed by atoms with Crippen LogP contribution in [0.1, 0.15) is 25.0 Å². The molecule has 2 N–H and O–H groups in total. The van der Waals surface area contributed by atoms with Crippen molar-refractivity contribution in [3.63, 3.8) is 0 Å². The van der Waals surface area contributed by atoms with Crippen molar-refractivity contribution in [2.24, 2.45) is 0 Å². The molecule has 0 aliphatic carbocycles. The van der Waals surface area contributed by atoms with Crippen molar-refractivity contribution in [1.29, 1.82) is 0 Å². The normalized spacial score (nSPS) is 13.2. The molecular formula is C19H22FNO3. The summed E-state index contributed by atoms with van der Waals surface area (Å²) in [4.78, 5) is 12.2. The van der Waals surface area contributed by atoms with E-state index in [-0.39, 0.29) is 24.4 Å². The van der Waals surface area contributed by atoms with Crippen molar-refractivity contribution in [2.45, 2.75) is 39.0 Å². The Labute approximate surface area is 141 Å². The Kier molecular flexibility index (Phi) is 6.32. The standard InChI is InChI=1S/C19H22FNO3/c1-13(10-16-7-3-4-9-18(16)20)21-19(23)14(2)24-17-8-5-6-15(11-17)12-22/h3-9,11,13-14,22H,10,12H2,1-2H3,(H,21,23). The fourth-order valence-electron chi connectivity index (χ4n) is 2.38. The molecule has 4 nitrogen and oxygen atoms in total. The third-order valence-corrected chi connectivity index (χ3v) is 3.64. The SMILES string of the molecule is CC(Cc1ccccc1F)NC(=O)C(C)Oc1cccc(CO)c1. The second-order valence-electron chi connectivity index (χ2n) is 5.77. The zero-order valence-electron chi connectivity index (χ0n) is 13.8. The molecule has 24 heavy (non-hydrogen) atoms. The molecule has 0 saturated carbocycles. The highest BCUT2D eigenvalue weighted by atomic mass is 19.1. The van der Waals surface area contributed by atoms with Crippen molar-refractivity contribution < 1.29 is 19.0 Å². The van der Waals surface area contributed by atoms with Crippen molar-refractivity contribution in [1.82, 2.24) is 5.32 Å². The molecule has 1 amide bonds.